The number of carboxylic acids is 1. The SMILES string of the molecule is CC1CN(c2cccc(N3CNc4cccc(C(=O)O)c43)c2)CC(C)O1. The lowest BCUT2D eigenvalue weighted by Crippen LogP contribution is -2.45. The zero-order valence-corrected chi connectivity index (χ0v) is 15.0. The molecule has 1 saturated heterocycles. The highest BCUT2D eigenvalue weighted by Crippen LogP contribution is 2.40. The van der Waals surface area contributed by atoms with Crippen LogP contribution >= 0.6 is 0 Å². The highest BCUT2D eigenvalue weighted by molar-refractivity contribution is 6.01. The predicted octanol–water partition coefficient (Wildman–Crippen LogP) is 3.52. The summed E-state index contributed by atoms with van der Waals surface area (Å²) in [6.45, 7) is 6.43. The normalized spacial score (nSPS) is 22.1. The van der Waals surface area contributed by atoms with Crippen LogP contribution < -0.4 is 15.1 Å². The van der Waals surface area contributed by atoms with Gasteiger partial charge in [-0.3, -0.25) is 0 Å². The first kappa shape index (κ1) is 16.7. The van der Waals surface area contributed by atoms with Gasteiger partial charge in [0, 0.05) is 24.5 Å². The second kappa shape index (κ2) is 6.53. The molecular formula is C20H23N3O3. The molecule has 2 aromatic carbocycles. The molecule has 26 heavy (non-hydrogen) atoms. The molecule has 2 aliphatic rings. The molecule has 0 spiro atoms. The number of carboxylic acid groups (broad SMARTS) is 1. The van der Waals surface area contributed by atoms with Crippen LogP contribution in [0.5, 0.6) is 0 Å². The maximum Gasteiger partial charge on any atom is 0.337 e. The summed E-state index contributed by atoms with van der Waals surface area (Å²) in [6, 6.07) is 13.6. The molecule has 0 aromatic heterocycles. The van der Waals surface area contributed by atoms with Crippen molar-refractivity contribution in [3.8, 4) is 0 Å². The molecule has 0 aliphatic carbocycles. The zero-order chi connectivity index (χ0) is 18.3. The number of morpholine rings is 1. The van der Waals surface area contributed by atoms with E-state index in [-0.39, 0.29) is 12.2 Å². The summed E-state index contributed by atoms with van der Waals surface area (Å²) in [7, 11) is 0. The third-order valence-electron chi connectivity index (χ3n) is 4.89. The van der Waals surface area contributed by atoms with Crippen LogP contribution in [0, 0.1) is 0 Å². The van der Waals surface area contributed by atoms with Crippen LogP contribution in [0.4, 0.5) is 22.7 Å². The molecule has 0 radical (unpaired) electrons. The quantitative estimate of drug-likeness (QED) is 0.880. The van der Waals surface area contributed by atoms with Crippen molar-refractivity contribution in [2.45, 2.75) is 26.1 Å². The number of nitrogens with zero attached hydrogens (tertiary/aromatic N) is 2. The van der Waals surface area contributed by atoms with Gasteiger partial charge in [-0.05, 0) is 44.2 Å². The molecule has 0 amide bonds. The molecule has 1 fully saturated rings. The number of rotatable bonds is 3. The highest BCUT2D eigenvalue weighted by Gasteiger charge is 2.27. The summed E-state index contributed by atoms with van der Waals surface area (Å²) >= 11 is 0. The average Bonchev–Trinajstić information content (AvgIpc) is 3.05. The first-order valence-electron chi connectivity index (χ1n) is 8.91. The van der Waals surface area contributed by atoms with Crippen LogP contribution in [-0.4, -0.2) is 43.0 Å². The number of para-hydroxylation sites is 1. The number of nitrogens with one attached hydrogen (secondary N) is 1. The van der Waals surface area contributed by atoms with Gasteiger partial charge in [0.1, 0.15) is 0 Å². The van der Waals surface area contributed by atoms with Crippen LogP contribution in [0.25, 0.3) is 0 Å². The molecule has 136 valence electrons. The zero-order valence-electron chi connectivity index (χ0n) is 15.0. The Morgan fingerprint density at radius 2 is 1.81 bits per heavy atom. The fraction of sp³-hybridized carbons (Fsp3) is 0.350. The molecule has 2 N–H and O–H groups in total. The van der Waals surface area contributed by atoms with E-state index < -0.39 is 5.97 Å². The van der Waals surface area contributed by atoms with Gasteiger partial charge in [0.15, 0.2) is 0 Å². The summed E-state index contributed by atoms with van der Waals surface area (Å²) in [5.41, 5.74) is 4.00. The maximum absolute atomic E-state index is 11.6. The van der Waals surface area contributed by atoms with Crippen LogP contribution in [0.1, 0.15) is 24.2 Å². The molecule has 2 aromatic rings. The van der Waals surface area contributed by atoms with Crippen molar-refractivity contribution >= 4 is 28.7 Å². The number of carbonyl (C=O) groups is 1. The highest BCUT2D eigenvalue weighted by atomic mass is 16.5. The van der Waals surface area contributed by atoms with Crippen molar-refractivity contribution in [3.05, 3.63) is 48.0 Å². The third-order valence-corrected chi connectivity index (χ3v) is 4.89. The minimum atomic E-state index is -0.914. The molecule has 0 saturated carbocycles. The van der Waals surface area contributed by atoms with Gasteiger partial charge in [-0.2, -0.15) is 0 Å². The van der Waals surface area contributed by atoms with Gasteiger partial charge < -0.3 is 25.0 Å². The number of hydrogen-bond acceptors (Lipinski definition) is 5. The van der Waals surface area contributed by atoms with Crippen LogP contribution in [-0.2, 0) is 4.74 Å². The standard InChI is InChI=1S/C20H23N3O3/c1-13-10-22(11-14(2)26-13)15-5-3-6-16(9-15)23-12-21-18-8-4-7-17(19(18)23)20(24)25/h3-9,13-14,21H,10-12H2,1-2H3,(H,24,25). The maximum atomic E-state index is 11.6. The van der Waals surface area contributed by atoms with Crippen molar-refractivity contribution in [3.63, 3.8) is 0 Å². The first-order valence-corrected chi connectivity index (χ1v) is 8.91. The van der Waals surface area contributed by atoms with Gasteiger partial charge >= 0.3 is 5.97 Å². The Kier molecular flexibility index (Phi) is 4.20. The topological polar surface area (TPSA) is 65.0 Å². The fourth-order valence-corrected chi connectivity index (χ4v) is 3.86. The third kappa shape index (κ3) is 2.97. The molecule has 2 unspecified atom stereocenters. The monoisotopic (exact) mass is 353 g/mol. The summed E-state index contributed by atoms with van der Waals surface area (Å²) < 4.78 is 5.83. The van der Waals surface area contributed by atoms with Gasteiger partial charge in [-0.1, -0.05) is 12.1 Å². The van der Waals surface area contributed by atoms with Crippen LogP contribution in [0.2, 0.25) is 0 Å². The number of anilines is 4. The number of aromatic carboxylic acids is 1. The largest absolute Gasteiger partial charge is 0.478 e. The molecule has 0 bridgehead atoms. The second-order valence-corrected chi connectivity index (χ2v) is 6.95. The van der Waals surface area contributed by atoms with E-state index >= 15 is 0 Å². The number of ether oxygens (including phenoxy) is 1. The Morgan fingerprint density at radius 3 is 2.54 bits per heavy atom. The summed E-state index contributed by atoms with van der Waals surface area (Å²) in [6.07, 6.45) is 0.380. The minimum Gasteiger partial charge on any atom is -0.478 e. The van der Waals surface area contributed by atoms with E-state index in [9.17, 15) is 9.90 Å². The summed E-state index contributed by atoms with van der Waals surface area (Å²) in [5, 5.41) is 12.8. The summed E-state index contributed by atoms with van der Waals surface area (Å²) in [5.74, 6) is -0.914. The Bertz CT molecular complexity index is 829. The number of hydrogen-bond donors (Lipinski definition) is 2. The van der Waals surface area contributed by atoms with Crippen LogP contribution in [0.3, 0.4) is 0 Å². The van der Waals surface area contributed by atoms with Crippen molar-refractivity contribution in [1.82, 2.24) is 0 Å². The Hall–Kier alpha value is -2.73. The van der Waals surface area contributed by atoms with Crippen molar-refractivity contribution < 1.29 is 14.6 Å². The first-order chi connectivity index (χ1) is 12.5. The lowest BCUT2D eigenvalue weighted by atomic mass is 10.1. The minimum absolute atomic E-state index is 0.190. The lowest BCUT2D eigenvalue weighted by Gasteiger charge is -2.37. The fourth-order valence-electron chi connectivity index (χ4n) is 3.86. The van der Waals surface area contributed by atoms with E-state index in [2.05, 4.69) is 36.2 Å². The van der Waals surface area contributed by atoms with E-state index in [0.717, 1.165) is 35.8 Å². The van der Waals surface area contributed by atoms with Crippen molar-refractivity contribution in [2.24, 2.45) is 0 Å². The van der Waals surface area contributed by atoms with Gasteiger partial charge in [-0.15, -0.1) is 0 Å². The Labute approximate surface area is 153 Å². The molecule has 2 atom stereocenters. The lowest BCUT2D eigenvalue weighted by molar-refractivity contribution is -0.00521. The van der Waals surface area contributed by atoms with Crippen LogP contribution in [0.15, 0.2) is 42.5 Å². The number of benzene rings is 2. The van der Waals surface area contributed by atoms with E-state index in [4.69, 9.17) is 4.74 Å². The molecule has 2 heterocycles. The van der Waals surface area contributed by atoms with E-state index in [1.807, 2.05) is 23.1 Å². The van der Waals surface area contributed by atoms with Crippen molar-refractivity contribution in [2.75, 3.05) is 34.9 Å². The van der Waals surface area contributed by atoms with Crippen molar-refractivity contribution in [1.29, 1.82) is 0 Å². The second-order valence-electron chi connectivity index (χ2n) is 6.95. The van der Waals surface area contributed by atoms with E-state index in [1.165, 1.54) is 0 Å². The van der Waals surface area contributed by atoms with Gasteiger partial charge in [0.25, 0.3) is 0 Å². The molecular weight excluding hydrogens is 330 g/mol. The van der Waals surface area contributed by atoms with E-state index in [0.29, 0.717) is 12.2 Å². The van der Waals surface area contributed by atoms with Gasteiger partial charge in [0.2, 0.25) is 0 Å². The number of fused-ring (bicyclic) bond motifs is 1. The average molecular weight is 353 g/mol. The Morgan fingerprint density at radius 1 is 1.12 bits per heavy atom. The predicted molar refractivity (Wildman–Crippen MR) is 103 cm³/mol. The Balaban J connectivity index is 1.68. The molecule has 6 nitrogen and oxygen atoms in total. The molecule has 4 rings (SSSR count). The smallest absolute Gasteiger partial charge is 0.337 e. The van der Waals surface area contributed by atoms with E-state index in [1.54, 1.807) is 12.1 Å². The summed E-state index contributed by atoms with van der Waals surface area (Å²) in [4.78, 5) is 16.0. The van der Waals surface area contributed by atoms with Gasteiger partial charge in [0.05, 0.1) is 35.8 Å². The molecule has 2 aliphatic heterocycles. The van der Waals surface area contributed by atoms with Gasteiger partial charge in [-0.25, -0.2) is 4.79 Å². The molecule has 6 heteroatoms.